The molecule has 1 atom stereocenters. The van der Waals surface area contributed by atoms with Crippen molar-refractivity contribution in [1.82, 2.24) is 10.2 Å². The van der Waals surface area contributed by atoms with Crippen molar-refractivity contribution in [3.05, 3.63) is 0 Å². The minimum absolute atomic E-state index is 0.664. The molecule has 2 heteroatoms. The Morgan fingerprint density at radius 1 is 1.06 bits per heavy atom. The first kappa shape index (κ1) is 16.9. The summed E-state index contributed by atoms with van der Waals surface area (Å²) < 4.78 is 0. The van der Waals surface area contributed by atoms with Crippen LogP contribution < -0.4 is 5.32 Å². The predicted octanol–water partition coefficient (Wildman–Crippen LogP) is 3.52. The molecule has 104 valence electrons. The van der Waals surface area contributed by atoms with Crippen molar-refractivity contribution in [2.24, 2.45) is 5.92 Å². The number of hydrogen-bond donors (Lipinski definition) is 1. The first-order valence-electron chi connectivity index (χ1n) is 7.64. The minimum Gasteiger partial charge on any atom is -0.315 e. The fraction of sp³-hybridized carbons (Fsp3) is 1.00. The zero-order valence-corrected chi connectivity index (χ0v) is 12.8. The van der Waals surface area contributed by atoms with Crippen molar-refractivity contribution in [2.45, 2.75) is 66.3 Å². The summed E-state index contributed by atoms with van der Waals surface area (Å²) in [4.78, 5) is 2.62. The van der Waals surface area contributed by atoms with E-state index in [-0.39, 0.29) is 0 Å². The molecule has 0 aliphatic heterocycles. The number of unbranched alkanes of at least 4 members (excludes halogenated alkanes) is 1. The van der Waals surface area contributed by atoms with Crippen LogP contribution in [0.4, 0.5) is 0 Å². The van der Waals surface area contributed by atoms with Crippen molar-refractivity contribution < 1.29 is 0 Å². The predicted molar refractivity (Wildman–Crippen MR) is 78.6 cm³/mol. The lowest BCUT2D eigenvalue weighted by Gasteiger charge is -2.31. The lowest BCUT2D eigenvalue weighted by molar-refractivity contribution is 0.177. The van der Waals surface area contributed by atoms with E-state index in [1.165, 1.54) is 45.3 Å². The molecule has 0 fully saturated rings. The largest absolute Gasteiger partial charge is 0.315 e. The van der Waals surface area contributed by atoms with Gasteiger partial charge >= 0.3 is 0 Å². The van der Waals surface area contributed by atoms with Crippen molar-refractivity contribution in [3.8, 4) is 0 Å². The number of rotatable bonds is 11. The average molecular weight is 242 g/mol. The normalized spacial score (nSPS) is 13.6. The van der Waals surface area contributed by atoms with Crippen LogP contribution >= 0.6 is 0 Å². The van der Waals surface area contributed by atoms with Crippen LogP contribution in [0.2, 0.25) is 0 Å². The first-order valence-corrected chi connectivity index (χ1v) is 7.64. The van der Waals surface area contributed by atoms with Crippen molar-refractivity contribution >= 4 is 0 Å². The Morgan fingerprint density at radius 2 is 1.71 bits per heavy atom. The summed E-state index contributed by atoms with van der Waals surface area (Å²) in [5, 5.41) is 3.57. The summed E-state index contributed by atoms with van der Waals surface area (Å²) in [6.07, 6.45) is 5.20. The number of nitrogens with one attached hydrogen (secondary N) is 1. The van der Waals surface area contributed by atoms with Gasteiger partial charge in [-0.1, -0.05) is 47.0 Å². The van der Waals surface area contributed by atoms with E-state index < -0.39 is 0 Å². The second kappa shape index (κ2) is 11.0. The maximum Gasteiger partial charge on any atom is 0.0192 e. The molecule has 0 bridgehead atoms. The highest BCUT2D eigenvalue weighted by atomic mass is 15.2. The Balaban J connectivity index is 3.89. The van der Waals surface area contributed by atoms with E-state index in [9.17, 15) is 0 Å². The zero-order chi connectivity index (χ0) is 13.1. The van der Waals surface area contributed by atoms with Crippen molar-refractivity contribution in [3.63, 3.8) is 0 Å². The van der Waals surface area contributed by atoms with Gasteiger partial charge < -0.3 is 5.32 Å². The monoisotopic (exact) mass is 242 g/mol. The van der Waals surface area contributed by atoms with Crippen LogP contribution in [0.3, 0.4) is 0 Å². The van der Waals surface area contributed by atoms with Crippen molar-refractivity contribution in [2.75, 3.05) is 26.2 Å². The van der Waals surface area contributed by atoms with E-state index in [0.29, 0.717) is 6.04 Å². The summed E-state index contributed by atoms with van der Waals surface area (Å²) in [5.74, 6) is 0.869. The molecule has 0 saturated carbocycles. The summed E-state index contributed by atoms with van der Waals surface area (Å²) >= 11 is 0. The quantitative estimate of drug-likeness (QED) is 0.558. The maximum atomic E-state index is 3.57. The fourth-order valence-corrected chi connectivity index (χ4v) is 2.24. The second-order valence-corrected chi connectivity index (χ2v) is 5.18. The second-order valence-electron chi connectivity index (χ2n) is 5.18. The Bertz CT molecular complexity index is 155. The molecule has 0 aliphatic carbocycles. The molecule has 0 amide bonds. The molecule has 0 saturated heterocycles. The topological polar surface area (TPSA) is 15.3 Å². The Kier molecular flexibility index (Phi) is 11.0. The van der Waals surface area contributed by atoms with E-state index >= 15 is 0 Å². The summed E-state index contributed by atoms with van der Waals surface area (Å²) in [7, 11) is 0. The van der Waals surface area contributed by atoms with Gasteiger partial charge in [0, 0.05) is 19.1 Å². The molecule has 2 nitrogen and oxygen atoms in total. The van der Waals surface area contributed by atoms with E-state index in [4.69, 9.17) is 0 Å². The van der Waals surface area contributed by atoms with Crippen LogP contribution in [0.5, 0.6) is 0 Å². The van der Waals surface area contributed by atoms with Gasteiger partial charge in [-0.3, -0.25) is 4.90 Å². The highest BCUT2D eigenvalue weighted by Gasteiger charge is 2.15. The molecule has 0 aliphatic rings. The van der Waals surface area contributed by atoms with Gasteiger partial charge in [-0.2, -0.15) is 0 Å². The van der Waals surface area contributed by atoms with Crippen LogP contribution in [0, 0.1) is 5.92 Å². The van der Waals surface area contributed by atoms with E-state index in [2.05, 4.69) is 44.8 Å². The standard InChI is InChI=1S/C15H34N2/c1-6-10-11-16-12-14(5)17(9-4)13-15(7-2)8-3/h14-16H,6-13H2,1-5H3. The lowest BCUT2D eigenvalue weighted by Crippen LogP contribution is -2.42. The third kappa shape index (κ3) is 7.77. The smallest absolute Gasteiger partial charge is 0.0192 e. The molecule has 0 heterocycles. The highest BCUT2D eigenvalue weighted by molar-refractivity contribution is 4.71. The van der Waals surface area contributed by atoms with Gasteiger partial charge in [0.15, 0.2) is 0 Å². The van der Waals surface area contributed by atoms with Gasteiger partial charge in [0.25, 0.3) is 0 Å². The molecular weight excluding hydrogens is 208 g/mol. The molecular formula is C15H34N2. The van der Waals surface area contributed by atoms with Gasteiger partial charge in [0.1, 0.15) is 0 Å². The van der Waals surface area contributed by atoms with E-state index in [0.717, 1.165) is 12.5 Å². The van der Waals surface area contributed by atoms with Crippen LogP contribution in [0.15, 0.2) is 0 Å². The highest BCUT2D eigenvalue weighted by Crippen LogP contribution is 2.11. The number of likely N-dealkylation sites (N-methyl/N-ethyl adjacent to an activating group) is 1. The SMILES string of the molecule is CCCCNCC(C)N(CC)CC(CC)CC. The molecule has 0 aromatic rings. The Hall–Kier alpha value is -0.0800. The van der Waals surface area contributed by atoms with Crippen molar-refractivity contribution in [1.29, 1.82) is 0 Å². The molecule has 0 spiro atoms. The van der Waals surface area contributed by atoms with Gasteiger partial charge in [-0.25, -0.2) is 0 Å². The molecule has 17 heavy (non-hydrogen) atoms. The minimum atomic E-state index is 0.664. The average Bonchev–Trinajstić information content (AvgIpc) is 2.36. The van der Waals surface area contributed by atoms with E-state index in [1.807, 2.05) is 0 Å². The van der Waals surface area contributed by atoms with Gasteiger partial charge in [-0.05, 0) is 32.4 Å². The summed E-state index contributed by atoms with van der Waals surface area (Å²) in [6.45, 7) is 16.2. The number of hydrogen-bond acceptors (Lipinski definition) is 2. The molecule has 0 radical (unpaired) electrons. The molecule has 1 N–H and O–H groups in total. The van der Waals surface area contributed by atoms with Crippen LogP contribution in [-0.4, -0.2) is 37.1 Å². The zero-order valence-electron chi connectivity index (χ0n) is 12.8. The third-order valence-electron chi connectivity index (χ3n) is 3.82. The van der Waals surface area contributed by atoms with Crippen LogP contribution in [-0.2, 0) is 0 Å². The summed E-state index contributed by atoms with van der Waals surface area (Å²) in [6, 6.07) is 0.664. The third-order valence-corrected chi connectivity index (χ3v) is 3.82. The van der Waals surface area contributed by atoms with Crippen LogP contribution in [0.1, 0.15) is 60.3 Å². The Labute approximate surface area is 109 Å². The lowest BCUT2D eigenvalue weighted by atomic mass is 10.0. The molecule has 0 aromatic carbocycles. The van der Waals surface area contributed by atoms with Gasteiger partial charge in [-0.15, -0.1) is 0 Å². The van der Waals surface area contributed by atoms with Crippen LogP contribution in [0.25, 0.3) is 0 Å². The van der Waals surface area contributed by atoms with Gasteiger partial charge in [0.2, 0.25) is 0 Å². The van der Waals surface area contributed by atoms with Gasteiger partial charge in [0.05, 0.1) is 0 Å². The maximum absolute atomic E-state index is 3.57. The molecule has 0 rings (SSSR count). The number of nitrogens with zero attached hydrogens (tertiary/aromatic N) is 1. The fourth-order valence-electron chi connectivity index (χ4n) is 2.24. The Morgan fingerprint density at radius 3 is 2.18 bits per heavy atom. The summed E-state index contributed by atoms with van der Waals surface area (Å²) in [5.41, 5.74) is 0. The van der Waals surface area contributed by atoms with E-state index in [1.54, 1.807) is 0 Å². The molecule has 1 unspecified atom stereocenters. The molecule has 0 aromatic heterocycles. The first-order chi connectivity index (χ1) is 8.19.